The molecule has 1 aliphatic heterocycles. The SMILES string of the molecule is Cc1ccc2c(c1)c1c(n2C(=O)NCc2ccnc(Cl)c2)CCN(C/C=C/c2ccc(Cl)cc2)C1. The summed E-state index contributed by atoms with van der Waals surface area (Å²) < 4.78 is 1.85. The summed E-state index contributed by atoms with van der Waals surface area (Å²) in [6.45, 7) is 5.02. The van der Waals surface area contributed by atoms with Gasteiger partial charge in [0.25, 0.3) is 0 Å². The average molecular weight is 505 g/mol. The topological polar surface area (TPSA) is 50.2 Å². The van der Waals surface area contributed by atoms with Crippen molar-refractivity contribution < 1.29 is 4.79 Å². The zero-order valence-corrected chi connectivity index (χ0v) is 21.0. The zero-order valence-electron chi connectivity index (χ0n) is 19.5. The minimum absolute atomic E-state index is 0.121. The molecule has 3 heterocycles. The number of fused-ring (bicyclic) bond motifs is 3. The monoisotopic (exact) mass is 504 g/mol. The van der Waals surface area contributed by atoms with E-state index in [9.17, 15) is 4.79 Å². The molecular formula is C28H26Cl2N4O. The van der Waals surface area contributed by atoms with Crippen molar-refractivity contribution in [2.45, 2.75) is 26.4 Å². The lowest BCUT2D eigenvalue weighted by atomic mass is 10.0. The summed E-state index contributed by atoms with van der Waals surface area (Å²) in [4.78, 5) is 19.8. The molecule has 178 valence electrons. The second-order valence-electron chi connectivity index (χ2n) is 8.87. The third-order valence-electron chi connectivity index (χ3n) is 6.36. The van der Waals surface area contributed by atoms with Crippen molar-refractivity contribution in [3.8, 4) is 0 Å². The molecule has 2 aromatic carbocycles. The van der Waals surface area contributed by atoms with Gasteiger partial charge in [-0.1, -0.05) is 59.1 Å². The Morgan fingerprint density at radius 3 is 2.74 bits per heavy atom. The van der Waals surface area contributed by atoms with Crippen LogP contribution < -0.4 is 5.32 Å². The Hall–Kier alpha value is -3.12. The summed E-state index contributed by atoms with van der Waals surface area (Å²) in [5.41, 5.74) is 6.50. The predicted octanol–water partition coefficient (Wildman–Crippen LogP) is 6.48. The molecule has 0 bridgehead atoms. The van der Waals surface area contributed by atoms with Crippen molar-refractivity contribution in [3.63, 3.8) is 0 Å². The smallest absolute Gasteiger partial charge is 0.326 e. The first kappa shape index (κ1) is 23.6. The number of nitrogens with zero attached hydrogens (tertiary/aromatic N) is 3. The highest BCUT2D eigenvalue weighted by molar-refractivity contribution is 6.30. The second-order valence-corrected chi connectivity index (χ2v) is 9.69. The van der Waals surface area contributed by atoms with Crippen LogP contribution in [0.5, 0.6) is 0 Å². The summed E-state index contributed by atoms with van der Waals surface area (Å²) in [5, 5.41) is 5.36. The fourth-order valence-electron chi connectivity index (χ4n) is 4.64. The number of pyridine rings is 1. The molecule has 0 saturated heterocycles. The highest BCUT2D eigenvalue weighted by Crippen LogP contribution is 2.31. The van der Waals surface area contributed by atoms with Gasteiger partial charge in [-0.3, -0.25) is 9.47 Å². The number of hydrogen-bond donors (Lipinski definition) is 1. The van der Waals surface area contributed by atoms with E-state index < -0.39 is 0 Å². The Morgan fingerprint density at radius 1 is 1.11 bits per heavy atom. The molecule has 0 atom stereocenters. The van der Waals surface area contributed by atoms with Crippen molar-refractivity contribution in [2.24, 2.45) is 0 Å². The van der Waals surface area contributed by atoms with Crippen LogP contribution in [0.2, 0.25) is 10.2 Å². The third-order valence-corrected chi connectivity index (χ3v) is 6.82. The van der Waals surface area contributed by atoms with Gasteiger partial charge in [0, 0.05) is 54.9 Å². The molecule has 0 fully saturated rings. The lowest BCUT2D eigenvalue weighted by Gasteiger charge is -2.27. The number of carbonyl (C=O) groups is 1. The summed E-state index contributed by atoms with van der Waals surface area (Å²) in [5.74, 6) is 0. The number of aryl methyl sites for hydroxylation is 1. The first-order valence-electron chi connectivity index (χ1n) is 11.6. The number of rotatable bonds is 5. The van der Waals surface area contributed by atoms with E-state index in [1.807, 2.05) is 34.9 Å². The van der Waals surface area contributed by atoms with E-state index in [4.69, 9.17) is 23.2 Å². The Bertz CT molecular complexity index is 1410. The van der Waals surface area contributed by atoms with Gasteiger partial charge in [0.05, 0.1) is 5.52 Å². The first-order chi connectivity index (χ1) is 17.0. The van der Waals surface area contributed by atoms with Crippen molar-refractivity contribution in [3.05, 3.63) is 105 Å². The van der Waals surface area contributed by atoms with Crippen LogP contribution in [0.25, 0.3) is 17.0 Å². The number of benzene rings is 2. The number of hydrogen-bond acceptors (Lipinski definition) is 3. The highest BCUT2D eigenvalue weighted by Gasteiger charge is 2.26. The summed E-state index contributed by atoms with van der Waals surface area (Å²) in [7, 11) is 0. The van der Waals surface area contributed by atoms with E-state index in [1.54, 1.807) is 12.3 Å². The number of aromatic nitrogens is 2. The van der Waals surface area contributed by atoms with Crippen LogP contribution in [0.1, 0.15) is 27.9 Å². The van der Waals surface area contributed by atoms with Crippen LogP contribution >= 0.6 is 23.2 Å². The summed E-state index contributed by atoms with van der Waals surface area (Å²) in [6, 6.07) is 17.6. The van der Waals surface area contributed by atoms with Gasteiger partial charge in [0.2, 0.25) is 0 Å². The van der Waals surface area contributed by atoms with Crippen molar-refractivity contribution in [2.75, 3.05) is 13.1 Å². The van der Waals surface area contributed by atoms with Gasteiger partial charge >= 0.3 is 6.03 Å². The molecule has 35 heavy (non-hydrogen) atoms. The van der Waals surface area contributed by atoms with Crippen LogP contribution in [0.3, 0.4) is 0 Å². The molecule has 2 aromatic heterocycles. The molecule has 0 radical (unpaired) electrons. The van der Waals surface area contributed by atoms with E-state index in [-0.39, 0.29) is 6.03 Å². The molecule has 0 aliphatic carbocycles. The van der Waals surface area contributed by atoms with E-state index >= 15 is 0 Å². The largest absolute Gasteiger partial charge is 0.333 e. The lowest BCUT2D eigenvalue weighted by molar-refractivity contribution is 0.240. The number of amides is 1. The molecule has 0 spiro atoms. The number of carbonyl (C=O) groups excluding carboxylic acids is 1. The number of halogens is 2. The third kappa shape index (κ3) is 5.27. The van der Waals surface area contributed by atoms with Crippen molar-refractivity contribution in [1.29, 1.82) is 0 Å². The molecule has 0 unspecified atom stereocenters. The molecular weight excluding hydrogens is 479 g/mol. The molecule has 1 amide bonds. The van der Waals surface area contributed by atoms with Crippen LogP contribution in [0, 0.1) is 6.92 Å². The quantitative estimate of drug-likeness (QED) is 0.316. The maximum Gasteiger partial charge on any atom is 0.326 e. The van der Waals surface area contributed by atoms with Gasteiger partial charge in [0.1, 0.15) is 5.15 Å². The van der Waals surface area contributed by atoms with E-state index in [0.717, 1.165) is 58.8 Å². The van der Waals surface area contributed by atoms with Gasteiger partial charge < -0.3 is 5.32 Å². The normalized spacial score (nSPS) is 13.9. The Balaban J connectivity index is 1.37. The van der Waals surface area contributed by atoms with Crippen LogP contribution in [-0.4, -0.2) is 33.6 Å². The van der Waals surface area contributed by atoms with Crippen molar-refractivity contribution >= 4 is 46.2 Å². The van der Waals surface area contributed by atoms with Crippen LogP contribution in [0.15, 0.2) is 66.9 Å². The Labute approximate surface area is 215 Å². The fraction of sp³-hybridized carbons (Fsp3) is 0.214. The average Bonchev–Trinajstić information content (AvgIpc) is 3.17. The van der Waals surface area contributed by atoms with Gasteiger partial charge in [-0.2, -0.15) is 0 Å². The molecule has 1 aliphatic rings. The summed E-state index contributed by atoms with van der Waals surface area (Å²) in [6.07, 6.45) is 6.77. The molecule has 5 nitrogen and oxygen atoms in total. The summed E-state index contributed by atoms with van der Waals surface area (Å²) >= 11 is 12.0. The van der Waals surface area contributed by atoms with E-state index in [2.05, 4.69) is 52.5 Å². The van der Waals surface area contributed by atoms with E-state index in [1.165, 1.54) is 11.1 Å². The first-order valence-corrected chi connectivity index (χ1v) is 12.4. The zero-order chi connectivity index (χ0) is 24.4. The molecule has 7 heteroatoms. The van der Waals surface area contributed by atoms with Gasteiger partial charge in [-0.05, 0) is 60.0 Å². The second kappa shape index (κ2) is 10.2. The minimum atomic E-state index is -0.121. The maximum atomic E-state index is 13.3. The van der Waals surface area contributed by atoms with Crippen LogP contribution in [-0.2, 0) is 19.5 Å². The predicted molar refractivity (Wildman–Crippen MR) is 143 cm³/mol. The lowest BCUT2D eigenvalue weighted by Crippen LogP contribution is -2.34. The molecule has 5 rings (SSSR count). The Kier molecular flexibility index (Phi) is 6.91. The molecule has 4 aromatic rings. The van der Waals surface area contributed by atoms with Crippen molar-refractivity contribution in [1.82, 2.24) is 19.8 Å². The minimum Gasteiger partial charge on any atom is -0.333 e. The van der Waals surface area contributed by atoms with E-state index in [0.29, 0.717) is 11.7 Å². The van der Waals surface area contributed by atoms with Gasteiger partial charge in [-0.25, -0.2) is 9.78 Å². The Morgan fingerprint density at radius 2 is 1.94 bits per heavy atom. The number of nitrogens with one attached hydrogen (secondary N) is 1. The molecule has 1 N–H and O–H groups in total. The van der Waals surface area contributed by atoms with Gasteiger partial charge in [-0.15, -0.1) is 0 Å². The van der Waals surface area contributed by atoms with Crippen LogP contribution in [0.4, 0.5) is 4.79 Å². The highest BCUT2D eigenvalue weighted by atomic mass is 35.5. The standard InChI is InChI=1S/C28H26Cl2N4O/c1-19-4-9-25-23(15-19)24-18-33(13-2-3-20-5-7-22(29)8-6-20)14-11-26(24)34(25)28(35)32-17-21-10-12-31-27(30)16-21/h2-10,12,15-16H,11,13-14,17-18H2,1H3,(H,32,35)/b3-2+. The van der Waals surface area contributed by atoms with Gasteiger partial charge in [0.15, 0.2) is 0 Å². The maximum absolute atomic E-state index is 13.3. The fourth-order valence-corrected chi connectivity index (χ4v) is 4.96. The molecule has 0 saturated carbocycles.